The molecule has 0 spiro atoms. The average Bonchev–Trinajstić information content (AvgIpc) is 3.09. The second kappa shape index (κ2) is 7.53. The third-order valence-electron chi connectivity index (χ3n) is 4.08. The first-order valence-electron chi connectivity index (χ1n) is 8.08. The first-order valence-corrected chi connectivity index (χ1v) is 8.08. The monoisotopic (exact) mass is 346 g/mol. The van der Waals surface area contributed by atoms with Gasteiger partial charge in [0.15, 0.2) is 0 Å². The van der Waals surface area contributed by atoms with Crippen LogP contribution < -0.4 is 10.5 Å². The summed E-state index contributed by atoms with van der Waals surface area (Å²) < 4.78 is 5.37. The van der Waals surface area contributed by atoms with E-state index in [1.807, 2.05) is 18.2 Å². The van der Waals surface area contributed by atoms with E-state index in [1.54, 1.807) is 30.5 Å². The number of imidazole rings is 1. The molecule has 6 nitrogen and oxygen atoms in total. The lowest BCUT2D eigenvalue weighted by atomic mass is 10.0. The number of nitrogens with one attached hydrogen (secondary N) is 1. The number of nitrogens with two attached hydrogens (primary N) is 1. The predicted molar refractivity (Wildman–Crippen MR) is 96.9 cm³/mol. The van der Waals surface area contributed by atoms with E-state index in [2.05, 4.69) is 16.0 Å². The van der Waals surface area contributed by atoms with Crippen LogP contribution in [0, 0.1) is 11.3 Å². The summed E-state index contributed by atoms with van der Waals surface area (Å²) in [5.74, 6) is 0.799. The fraction of sp³-hybridized carbons (Fsp3) is 0.150. The smallest absolute Gasteiger partial charge is 0.252 e. The fourth-order valence-electron chi connectivity index (χ4n) is 2.84. The molecule has 2 aromatic carbocycles. The number of H-pyrrole nitrogens is 1. The number of hydrogen-bond donors (Lipinski definition) is 2. The zero-order chi connectivity index (χ0) is 18.5. The van der Waals surface area contributed by atoms with E-state index in [0.717, 1.165) is 22.6 Å². The van der Waals surface area contributed by atoms with Crippen molar-refractivity contribution in [3.05, 3.63) is 82.4 Å². The number of para-hydroxylation sites is 1. The quantitative estimate of drug-likeness (QED) is 0.715. The van der Waals surface area contributed by atoms with Crippen molar-refractivity contribution in [3.63, 3.8) is 0 Å². The second-order valence-corrected chi connectivity index (χ2v) is 5.88. The van der Waals surface area contributed by atoms with Gasteiger partial charge in [0.25, 0.3) is 5.91 Å². The van der Waals surface area contributed by atoms with Gasteiger partial charge >= 0.3 is 0 Å². The van der Waals surface area contributed by atoms with Crippen LogP contribution in [0.1, 0.15) is 38.6 Å². The summed E-state index contributed by atoms with van der Waals surface area (Å²) in [4.78, 5) is 19.2. The van der Waals surface area contributed by atoms with E-state index in [4.69, 9.17) is 15.7 Å². The molecule has 3 rings (SSSR count). The number of nitrogens with zero attached hydrogens (tertiary/aromatic N) is 2. The van der Waals surface area contributed by atoms with Crippen LogP contribution in [0.2, 0.25) is 0 Å². The van der Waals surface area contributed by atoms with Crippen LogP contribution in [0.4, 0.5) is 0 Å². The topological polar surface area (TPSA) is 105 Å². The lowest BCUT2D eigenvalue weighted by molar-refractivity contribution is 0.0997. The highest BCUT2D eigenvalue weighted by atomic mass is 16.5. The molecule has 0 radical (unpaired) electrons. The summed E-state index contributed by atoms with van der Waals surface area (Å²) in [6, 6.07) is 14.8. The van der Waals surface area contributed by atoms with Crippen molar-refractivity contribution in [3.8, 4) is 11.8 Å². The van der Waals surface area contributed by atoms with E-state index in [-0.39, 0.29) is 0 Å². The summed E-state index contributed by atoms with van der Waals surface area (Å²) in [5, 5.41) is 8.85. The van der Waals surface area contributed by atoms with Crippen molar-refractivity contribution < 1.29 is 9.53 Å². The summed E-state index contributed by atoms with van der Waals surface area (Å²) in [7, 11) is 1.52. The fourth-order valence-corrected chi connectivity index (χ4v) is 2.84. The van der Waals surface area contributed by atoms with Crippen molar-refractivity contribution in [1.82, 2.24) is 9.97 Å². The highest BCUT2D eigenvalue weighted by Gasteiger charge is 2.14. The second-order valence-electron chi connectivity index (χ2n) is 5.88. The zero-order valence-electron chi connectivity index (χ0n) is 14.3. The van der Waals surface area contributed by atoms with Crippen LogP contribution in [0.3, 0.4) is 0 Å². The van der Waals surface area contributed by atoms with Gasteiger partial charge in [0.2, 0.25) is 0 Å². The van der Waals surface area contributed by atoms with Crippen molar-refractivity contribution >= 4 is 5.91 Å². The molecule has 0 aliphatic carbocycles. The van der Waals surface area contributed by atoms with E-state index >= 15 is 0 Å². The standard InChI is InChI=1S/C20H18N4O2/c1-26-19-15(3-2-4-17(19)20(22)25)10-16-12-23-18(24-16)9-13-5-7-14(11-21)8-6-13/h2-8,12H,9-10H2,1H3,(H2,22,25)(H,23,24). The molecule has 6 heteroatoms. The molecule has 0 aliphatic rings. The Balaban J connectivity index is 1.77. The van der Waals surface area contributed by atoms with E-state index in [9.17, 15) is 4.79 Å². The number of carbonyl (C=O) groups is 1. The molecule has 0 fully saturated rings. The highest BCUT2D eigenvalue weighted by molar-refractivity contribution is 5.96. The molecule has 130 valence electrons. The number of rotatable bonds is 6. The van der Waals surface area contributed by atoms with Gasteiger partial charge in [-0.1, -0.05) is 24.3 Å². The molecule has 3 aromatic rings. The van der Waals surface area contributed by atoms with Crippen molar-refractivity contribution in [2.45, 2.75) is 12.8 Å². The Kier molecular flexibility index (Phi) is 4.99. The average molecular weight is 346 g/mol. The Morgan fingerprint density at radius 3 is 2.65 bits per heavy atom. The number of primary amides is 1. The number of benzene rings is 2. The Hall–Kier alpha value is -3.59. The van der Waals surface area contributed by atoms with Crippen LogP contribution in [-0.4, -0.2) is 23.0 Å². The molecule has 26 heavy (non-hydrogen) atoms. The minimum Gasteiger partial charge on any atom is -0.496 e. The molecule has 0 atom stereocenters. The minimum absolute atomic E-state index is 0.363. The maximum Gasteiger partial charge on any atom is 0.252 e. The van der Waals surface area contributed by atoms with Crippen LogP contribution in [0.5, 0.6) is 5.75 Å². The summed E-state index contributed by atoms with van der Waals surface area (Å²) in [5.41, 5.74) is 9.24. The number of hydrogen-bond acceptors (Lipinski definition) is 4. The van der Waals surface area contributed by atoms with Gasteiger partial charge in [0.1, 0.15) is 11.6 Å². The van der Waals surface area contributed by atoms with Gasteiger partial charge in [0, 0.05) is 30.3 Å². The number of methoxy groups -OCH3 is 1. The zero-order valence-corrected chi connectivity index (χ0v) is 14.3. The number of nitriles is 1. The van der Waals surface area contributed by atoms with E-state index in [0.29, 0.717) is 29.7 Å². The molecule has 0 unspecified atom stereocenters. The van der Waals surface area contributed by atoms with Gasteiger partial charge in [0.05, 0.1) is 24.3 Å². The normalized spacial score (nSPS) is 10.3. The predicted octanol–water partition coefficient (Wildman–Crippen LogP) is 2.57. The van der Waals surface area contributed by atoms with Gasteiger partial charge in [-0.05, 0) is 23.8 Å². The lowest BCUT2D eigenvalue weighted by Crippen LogP contribution is -2.13. The first-order chi connectivity index (χ1) is 12.6. The summed E-state index contributed by atoms with van der Waals surface area (Å²) >= 11 is 0. The largest absolute Gasteiger partial charge is 0.496 e. The molecule has 0 saturated carbocycles. The van der Waals surface area contributed by atoms with Gasteiger partial charge in [-0.15, -0.1) is 0 Å². The van der Waals surface area contributed by atoms with Gasteiger partial charge in [-0.3, -0.25) is 4.79 Å². The third-order valence-corrected chi connectivity index (χ3v) is 4.08. The molecule has 0 saturated heterocycles. The maximum atomic E-state index is 11.5. The van der Waals surface area contributed by atoms with E-state index < -0.39 is 5.91 Å². The summed E-state index contributed by atoms with van der Waals surface area (Å²) in [6.45, 7) is 0. The van der Waals surface area contributed by atoms with Crippen molar-refractivity contribution in [1.29, 1.82) is 5.26 Å². The van der Waals surface area contributed by atoms with Crippen LogP contribution >= 0.6 is 0 Å². The van der Waals surface area contributed by atoms with Gasteiger partial charge < -0.3 is 15.5 Å². The molecule has 0 aliphatic heterocycles. The Labute approximate surface area is 151 Å². The van der Waals surface area contributed by atoms with Crippen LogP contribution in [-0.2, 0) is 12.8 Å². The van der Waals surface area contributed by atoms with Gasteiger partial charge in [-0.25, -0.2) is 4.98 Å². The van der Waals surface area contributed by atoms with Crippen molar-refractivity contribution in [2.75, 3.05) is 7.11 Å². The first kappa shape index (κ1) is 17.2. The third kappa shape index (κ3) is 3.73. The lowest BCUT2D eigenvalue weighted by Gasteiger charge is -2.10. The van der Waals surface area contributed by atoms with Crippen molar-refractivity contribution in [2.24, 2.45) is 5.73 Å². The minimum atomic E-state index is -0.519. The number of ether oxygens (including phenoxy) is 1. The van der Waals surface area contributed by atoms with Crippen LogP contribution in [0.15, 0.2) is 48.7 Å². The summed E-state index contributed by atoms with van der Waals surface area (Å²) in [6.07, 6.45) is 2.96. The Bertz CT molecular complexity index is 968. The molecule has 3 N–H and O–H groups in total. The Morgan fingerprint density at radius 1 is 1.23 bits per heavy atom. The molecule has 1 heterocycles. The number of aromatic amines is 1. The number of carbonyl (C=O) groups excluding carboxylic acids is 1. The van der Waals surface area contributed by atoms with Gasteiger partial charge in [-0.2, -0.15) is 5.26 Å². The molecule has 1 amide bonds. The molecule has 0 bridgehead atoms. The Morgan fingerprint density at radius 2 is 2.00 bits per heavy atom. The number of aromatic nitrogens is 2. The van der Waals surface area contributed by atoms with E-state index in [1.165, 1.54) is 7.11 Å². The highest BCUT2D eigenvalue weighted by Crippen LogP contribution is 2.25. The molecular weight excluding hydrogens is 328 g/mol. The SMILES string of the molecule is COc1c(Cc2cnc(Cc3ccc(C#N)cc3)[nH]2)cccc1C(N)=O. The molecular formula is C20H18N4O2. The molecule has 1 aromatic heterocycles. The maximum absolute atomic E-state index is 11.5. The van der Waals surface area contributed by atoms with Crippen LogP contribution in [0.25, 0.3) is 0 Å². The number of amides is 1.